The Morgan fingerprint density at radius 2 is 2.00 bits per heavy atom. The van der Waals surface area contributed by atoms with Gasteiger partial charge in [-0.25, -0.2) is 0 Å². The van der Waals surface area contributed by atoms with Crippen LogP contribution >= 0.6 is 11.6 Å². The third-order valence-corrected chi connectivity index (χ3v) is 3.54. The SMILES string of the molecule is O=C(Nc1ccc(Cl)c([N+](=O)[O-])c1)c1ccc2cc[nH]c2c1. The van der Waals surface area contributed by atoms with Crippen LogP contribution in [0, 0.1) is 10.1 Å². The van der Waals surface area contributed by atoms with Gasteiger partial charge >= 0.3 is 0 Å². The van der Waals surface area contributed by atoms with Crippen molar-refractivity contribution in [3.63, 3.8) is 0 Å². The van der Waals surface area contributed by atoms with Crippen molar-refractivity contribution in [3.8, 4) is 0 Å². The van der Waals surface area contributed by atoms with Gasteiger partial charge in [0, 0.05) is 29.0 Å². The minimum Gasteiger partial charge on any atom is -0.361 e. The van der Waals surface area contributed by atoms with E-state index in [4.69, 9.17) is 11.6 Å². The molecule has 0 unspecified atom stereocenters. The number of nitro groups is 1. The molecule has 0 spiro atoms. The molecule has 0 fully saturated rings. The first kappa shape index (κ1) is 14.1. The predicted octanol–water partition coefficient (Wildman–Crippen LogP) is 3.98. The van der Waals surface area contributed by atoms with E-state index in [1.807, 2.05) is 12.1 Å². The molecular formula is C15H10ClN3O3. The summed E-state index contributed by atoms with van der Waals surface area (Å²) in [6.45, 7) is 0. The highest BCUT2D eigenvalue weighted by Gasteiger charge is 2.14. The van der Waals surface area contributed by atoms with Gasteiger partial charge < -0.3 is 10.3 Å². The van der Waals surface area contributed by atoms with Crippen LogP contribution in [0.4, 0.5) is 11.4 Å². The molecular weight excluding hydrogens is 306 g/mol. The fourth-order valence-corrected chi connectivity index (χ4v) is 2.31. The molecule has 110 valence electrons. The van der Waals surface area contributed by atoms with Gasteiger partial charge in [0.05, 0.1) is 4.92 Å². The Balaban J connectivity index is 1.87. The van der Waals surface area contributed by atoms with E-state index >= 15 is 0 Å². The Bertz CT molecular complexity index is 889. The number of fused-ring (bicyclic) bond motifs is 1. The third-order valence-electron chi connectivity index (χ3n) is 3.22. The largest absolute Gasteiger partial charge is 0.361 e. The summed E-state index contributed by atoms with van der Waals surface area (Å²) in [5.41, 5.74) is 1.36. The third kappa shape index (κ3) is 2.64. The van der Waals surface area contributed by atoms with Crippen LogP contribution in [0.5, 0.6) is 0 Å². The van der Waals surface area contributed by atoms with Crippen LogP contribution in [0.25, 0.3) is 10.9 Å². The second kappa shape index (κ2) is 5.50. The Morgan fingerprint density at radius 3 is 2.77 bits per heavy atom. The Kier molecular flexibility index (Phi) is 3.52. The maximum atomic E-state index is 12.2. The summed E-state index contributed by atoms with van der Waals surface area (Å²) in [4.78, 5) is 25.5. The minimum absolute atomic E-state index is 0.0239. The van der Waals surface area contributed by atoms with Crippen molar-refractivity contribution in [2.75, 3.05) is 5.32 Å². The van der Waals surface area contributed by atoms with E-state index in [-0.39, 0.29) is 16.6 Å². The van der Waals surface area contributed by atoms with Gasteiger partial charge in [-0.2, -0.15) is 0 Å². The lowest BCUT2D eigenvalue weighted by molar-refractivity contribution is -0.384. The summed E-state index contributed by atoms with van der Waals surface area (Å²) >= 11 is 5.74. The molecule has 1 amide bonds. The molecule has 1 aromatic heterocycles. The highest BCUT2D eigenvalue weighted by atomic mass is 35.5. The summed E-state index contributed by atoms with van der Waals surface area (Å²) in [5, 5.41) is 14.5. The number of rotatable bonds is 3. The van der Waals surface area contributed by atoms with Gasteiger partial charge in [0.25, 0.3) is 11.6 Å². The zero-order valence-electron chi connectivity index (χ0n) is 11.2. The molecule has 0 bridgehead atoms. The first-order valence-corrected chi connectivity index (χ1v) is 6.75. The topological polar surface area (TPSA) is 88.0 Å². The molecule has 0 saturated carbocycles. The average Bonchev–Trinajstić information content (AvgIpc) is 2.96. The lowest BCUT2D eigenvalue weighted by atomic mass is 10.1. The normalized spacial score (nSPS) is 10.6. The number of anilines is 1. The average molecular weight is 316 g/mol. The first-order valence-electron chi connectivity index (χ1n) is 6.37. The van der Waals surface area contributed by atoms with Crippen molar-refractivity contribution in [2.24, 2.45) is 0 Å². The van der Waals surface area contributed by atoms with E-state index in [1.54, 1.807) is 18.3 Å². The maximum absolute atomic E-state index is 12.2. The number of nitrogens with one attached hydrogen (secondary N) is 2. The Hall–Kier alpha value is -2.86. The summed E-state index contributed by atoms with van der Waals surface area (Å²) < 4.78 is 0. The summed E-state index contributed by atoms with van der Waals surface area (Å²) in [7, 11) is 0. The predicted molar refractivity (Wildman–Crippen MR) is 84.4 cm³/mol. The molecule has 0 saturated heterocycles. The molecule has 22 heavy (non-hydrogen) atoms. The zero-order chi connectivity index (χ0) is 15.7. The summed E-state index contributed by atoms with van der Waals surface area (Å²) in [5.74, 6) is -0.354. The van der Waals surface area contributed by atoms with Crippen LogP contribution in [-0.2, 0) is 0 Å². The number of carbonyl (C=O) groups excluding carboxylic acids is 1. The van der Waals surface area contributed by atoms with Gasteiger partial charge in [-0.15, -0.1) is 0 Å². The van der Waals surface area contributed by atoms with E-state index in [9.17, 15) is 14.9 Å². The van der Waals surface area contributed by atoms with Crippen molar-refractivity contribution >= 4 is 39.8 Å². The number of halogens is 1. The Morgan fingerprint density at radius 1 is 1.18 bits per heavy atom. The quantitative estimate of drug-likeness (QED) is 0.566. The Labute approximate surface area is 129 Å². The first-order chi connectivity index (χ1) is 10.5. The second-order valence-electron chi connectivity index (χ2n) is 4.66. The number of aromatic nitrogens is 1. The number of H-pyrrole nitrogens is 1. The second-order valence-corrected chi connectivity index (χ2v) is 5.06. The summed E-state index contributed by atoms with van der Waals surface area (Å²) in [6, 6.07) is 11.3. The van der Waals surface area contributed by atoms with Gasteiger partial charge in [-0.05, 0) is 35.7 Å². The molecule has 3 rings (SSSR count). The fraction of sp³-hybridized carbons (Fsp3) is 0. The lowest BCUT2D eigenvalue weighted by Crippen LogP contribution is -2.11. The number of hydrogen-bond donors (Lipinski definition) is 2. The van der Waals surface area contributed by atoms with Crippen LogP contribution < -0.4 is 5.32 Å². The van der Waals surface area contributed by atoms with Crippen molar-refractivity contribution in [1.82, 2.24) is 4.98 Å². The maximum Gasteiger partial charge on any atom is 0.289 e. The molecule has 0 aliphatic rings. The standard InChI is InChI=1S/C15H10ClN3O3/c16-12-4-3-11(8-14(12)19(21)22)18-15(20)10-2-1-9-5-6-17-13(9)7-10/h1-8,17H,(H,18,20). The molecule has 0 aliphatic carbocycles. The molecule has 0 radical (unpaired) electrons. The number of nitro benzene ring substituents is 1. The molecule has 0 atom stereocenters. The number of aromatic amines is 1. The highest BCUT2D eigenvalue weighted by Crippen LogP contribution is 2.27. The van der Waals surface area contributed by atoms with E-state index in [2.05, 4.69) is 10.3 Å². The van der Waals surface area contributed by atoms with Crippen LogP contribution in [0.3, 0.4) is 0 Å². The van der Waals surface area contributed by atoms with Crippen LogP contribution in [0.2, 0.25) is 5.02 Å². The van der Waals surface area contributed by atoms with Gasteiger partial charge in [-0.1, -0.05) is 17.7 Å². The monoisotopic (exact) mass is 315 g/mol. The van der Waals surface area contributed by atoms with Crippen LogP contribution in [0.15, 0.2) is 48.7 Å². The van der Waals surface area contributed by atoms with E-state index in [0.29, 0.717) is 11.3 Å². The molecule has 2 N–H and O–H groups in total. The number of hydrogen-bond acceptors (Lipinski definition) is 3. The van der Waals surface area contributed by atoms with Gasteiger partial charge in [0.15, 0.2) is 0 Å². The molecule has 7 heteroatoms. The lowest BCUT2D eigenvalue weighted by Gasteiger charge is -2.06. The van der Waals surface area contributed by atoms with Crippen LogP contribution in [-0.4, -0.2) is 15.8 Å². The van der Waals surface area contributed by atoms with Gasteiger partial charge in [-0.3, -0.25) is 14.9 Å². The molecule has 6 nitrogen and oxygen atoms in total. The molecule has 2 aromatic carbocycles. The smallest absolute Gasteiger partial charge is 0.289 e. The number of carbonyl (C=O) groups is 1. The number of nitrogens with zero attached hydrogens (tertiary/aromatic N) is 1. The van der Waals surface area contributed by atoms with E-state index in [0.717, 1.165) is 10.9 Å². The van der Waals surface area contributed by atoms with E-state index < -0.39 is 4.92 Å². The van der Waals surface area contributed by atoms with Crippen molar-refractivity contribution < 1.29 is 9.72 Å². The number of benzene rings is 2. The molecule has 0 aliphatic heterocycles. The minimum atomic E-state index is -0.594. The van der Waals surface area contributed by atoms with Crippen molar-refractivity contribution in [2.45, 2.75) is 0 Å². The van der Waals surface area contributed by atoms with Gasteiger partial charge in [0.2, 0.25) is 0 Å². The summed E-state index contributed by atoms with van der Waals surface area (Å²) in [6.07, 6.45) is 1.79. The van der Waals surface area contributed by atoms with Crippen molar-refractivity contribution in [3.05, 3.63) is 69.4 Å². The molecule has 3 aromatic rings. The van der Waals surface area contributed by atoms with Crippen molar-refractivity contribution in [1.29, 1.82) is 0 Å². The fourth-order valence-electron chi connectivity index (χ4n) is 2.12. The van der Waals surface area contributed by atoms with E-state index in [1.165, 1.54) is 18.2 Å². The van der Waals surface area contributed by atoms with Crippen LogP contribution in [0.1, 0.15) is 10.4 Å². The molecule has 1 heterocycles. The van der Waals surface area contributed by atoms with Gasteiger partial charge in [0.1, 0.15) is 5.02 Å². The number of amides is 1. The zero-order valence-corrected chi connectivity index (χ0v) is 11.9. The highest BCUT2D eigenvalue weighted by molar-refractivity contribution is 6.32.